The zero-order chi connectivity index (χ0) is 24.2. The van der Waals surface area contributed by atoms with E-state index in [0.29, 0.717) is 12.3 Å². The van der Waals surface area contributed by atoms with Gasteiger partial charge in [-0.2, -0.15) is 5.26 Å². The SMILES string of the molecule is COc1cccc(NC(=O)CN2CCN(c3nc(-c4ccccc4)c4c(c3C#N)CCC4)CC2)c1. The molecule has 35 heavy (non-hydrogen) atoms. The van der Waals surface area contributed by atoms with Crippen LogP contribution in [0.5, 0.6) is 5.75 Å². The van der Waals surface area contributed by atoms with Crippen molar-refractivity contribution in [1.82, 2.24) is 9.88 Å². The molecule has 3 aromatic rings. The van der Waals surface area contributed by atoms with E-state index in [1.54, 1.807) is 7.11 Å². The molecule has 1 aromatic heterocycles. The lowest BCUT2D eigenvalue weighted by atomic mass is 9.98. The Morgan fingerprint density at radius 2 is 1.83 bits per heavy atom. The molecule has 2 heterocycles. The summed E-state index contributed by atoms with van der Waals surface area (Å²) in [5.41, 5.74) is 5.95. The average Bonchev–Trinajstić information content (AvgIpc) is 3.39. The van der Waals surface area contributed by atoms with E-state index in [0.717, 1.165) is 79.3 Å². The van der Waals surface area contributed by atoms with Crippen LogP contribution in [0.1, 0.15) is 23.1 Å². The zero-order valence-electron chi connectivity index (χ0n) is 20.0. The summed E-state index contributed by atoms with van der Waals surface area (Å²) >= 11 is 0. The molecule has 0 radical (unpaired) electrons. The molecular weight excluding hydrogens is 438 g/mol. The van der Waals surface area contributed by atoms with Crippen LogP contribution >= 0.6 is 0 Å². The minimum Gasteiger partial charge on any atom is -0.497 e. The number of carbonyl (C=O) groups is 1. The summed E-state index contributed by atoms with van der Waals surface area (Å²) in [7, 11) is 1.61. The first-order chi connectivity index (χ1) is 17.2. The fourth-order valence-corrected chi connectivity index (χ4v) is 5.05. The van der Waals surface area contributed by atoms with Crippen LogP contribution in [0, 0.1) is 11.3 Å². The van der Waals surface area contributed by atoms with Crippen molar-refractivity contribution in [3.05, 3.63) is 71.3 Å². The monoisotopic (exact) mass is 467 g/mol. The predicted octanol–water partition coefficient (Wildman–Crippen LogP) is 3.88. The molecule has 0 unspecified atom stereocenters. The van der Waals surface area contributed by atoms with Crippen LogP contribution in [0.4, 0.5) is 11.5 Å². The van der Waals surface area contributed by atoms with Gasteiger partial charge in [-0.3, -0.25) is 9.69 Å². The number of piperazine rings is 1. The number of rotatable bonds is 6. The molecule has 2 aliphatic rings. The molecule has 1 aliphatic heterocycles. The molecule has 1 fully saturated rings. The Balaban J connectivity index is 1.29. The number of benzene rings is 2. The first kappa shape index (κ1) is 22.9. The van der Waals surface area contributed by atoms with Crippen LogP contribution < -0.4 is 15.0 Å². The van der Waals surface area contributed by atoms with Gasteiger partial charge in [-0.1, -0.05) is 36.4 Å². The highest BCUT2D eigenvalue weighted by atomic mass is 16.5. The van der Waals surface area contributed by atoms with E-state index < -0.39 is 0 Å². The standard InChI is InChI=1S/C28H29N5O2/c1-35-22-10-5-9-21(17-22)30-26(34)19-32-13-15-33(16-14-32)28-25(18-29)23-11-6-12-24(23)27(31-28)20-7-3-2-4-8-20/h2-5,7-10,17H,6,11-16,19H2,1H3,(H,30,34). The van der Waals surface area contributed by atoms with E-state index >= 15 is 0 Å². The fraction of sp³-hybridized carbons (Fsp3) is 0.321. The van der Waals surface area contributed by atoms with Gasteiger partial charge in [-0.05, 0) is 42.5 Å². The van der Waals surface area contributed by atoms with Gasteiger partial charge in [0.15, 0.2) is 0 Å². The van der Waals surface area contributed by atoms with E-state index in [9.17, 15) is 10.1 Å². The maximum Gasteiger partial charge on any atom is 0.238 e. The zero-order valence-corrected chi connectivity index (χ0v) is 20.0. The Kier molecular flexibility index (Phi) is 6.64. The van der Waals surface area contributed by atoms with Crippen molar-refractivity contribution in [3.63, 3.8) is 0 Å². The maximum atomic E-state index is 12.6. The van der Waals surface area contributed by atoms with Crippen LogP contribution in [-0.4, -0.2) is 55.6 Å². The lowest BCUT2D eigenvalue weighted by Gasteiger charge is -2.36. The van der Waals surface area contributed by atoms with Crippen molar-refractivity contribution >= 4 is 17.4 Å². The van der Waals surface area contributed by atoms with Crippen molar-refractivity contribution in [2.24, 2.45) is 0 Å². The average molecular weight is 468 g/mol. The van der Waals surface area contributed by atoms with Gasteiger partial charge in [-0.15, -0.1) is 0 Å². The summed E-state index contributed by atoms with van der Waals surface area (Å²) in [4.78, 5) is 22.0. The molecular formula is C28H29N5O2. The third kappa shape index (κ3) is 4.84. The number of nitrogens with zero attached hydrogens (tertiary/aromatic N) is 4. The molecule has 1 saturated heterocycles. The number of anilines is 2. The Morgan fingerprint density at radius 3 is 2.57 bits per heavy atom. The summed E-state index contributed by atoms with van der Waals surface area (Å²) < 4.78 is 5.23. The number of carbonyl (C=O) groups excluding carboxylic acids is 1. The summed E-state index contributed by atoms with van der Waals surface area (Å²) in [6, 6.07) is 20.1. The number of amides is 1. The molecule has 0 saturated carbocycles. The van der Waals surface area contributed by atoms with Crippen LogP contribution in [0.3, 0.4) is 0 Å². The number of methoxy groups -OCH3 is 1. The number of nitriles is 1. The fourth-order valence-electron chi connectivity index (χ4n) is 5.05. The molecule has 1 aliphatic carbocycles. The molecule has 0 atom stereocenters. The molecule has 178 valence electrons. The third-order valence-corrected chi connectivity index (χ3v) is 6.80. The van der Waals surface area contributed by atoms with Crippen LogP contribution in [0.2, 0.25) is 0 Å². The van der Waals surface area contributed by atoms with Gasteiger partial charge >= 0.3 is 0 Å². The number of hydrogen-bond acceptors (Lipinski definition) is 6. The molecule has 5 rings (SSSR count). The second-order valence-electron chi connectivity index (χ2n) is 8.99. The van der Waals surface area contributed by atoms with Gasteiger partial charge in [0.2, 0.25) is 5.91 Å². The molecule has 0 spiro atoms. The largest absolute Gasteiger partial charge is 0.497 e. The first-order valence-corrected chi connectivity index (χ1v) is 12.1. The summed E-state index contributed by atoms with van der Waals surface area (Å²) in [6.07, 6.45) is 2.96. The number of pyridine rings is 1. The Labute approximate surface area is 206 Å². The van der Waals surface area contributed by atoms with Gasteiger partial charge in [0.05, 0.1) is 24.9 Å². The van der Waals surface area contributed by atoms with Gasteiger partial charge in [0.1, 0.15) is 17.6 Å². The van der Waals surface area contributed by atoms with E-state index in [4.69, 9.17) is 9.72 Å². The quantitative estimate of drug-likeness (QED) is 0.593. The van der Waals surface area contributed by atoms with E-state index in [1.165, 1.54) is 5.56 Å². The minimum atomic E-state index is -0.0496. The molecule has 2 aromatic carbocycles. The lowest BCUT2D eigenvalue weighted by molar-refractivity contribution is -0.117. The van der Waals surface area contributed by atoms with Gasteiger partial charge in [-0.25, -0.2) is 4.98 Å². The van der Waals surface area contributed by atoms with Crippen molar-refractivity contribution in [2.45, 2.75) is 19.3 Å². The number of fused-ring (bicyclic) bond motifs is 1. The van der Waals surface area contributed by atoms with Crippen molar-refractivity contribution in [2.75, 3.05) is 50.1 Å². The summed E-state index contributed by atoms with van der Waals surface area (Å²) in [6.45, 7) is 3.23. The van der Waals surface area contributed by atoms with E-state index in [-0.39, 0.29) is 5.91 Å². The van der Waals surface area contributed by atoms with Crippen molar-refractivity contribution < 1.29 is 9.53 Å². The summed E-state index contributed by atoms with van der Waals surface area (Å²) in [5, 5.41) is 13.0. The lowest BCUT2D eigenvalue weighted by Crippen LogP contribution is -2.49. The highest BCUT2D eigenvalue weighted by Crippen LogP contribution is 2.37. The van der Waals surface area contributed by atoms with Gasteiger partial charge in [0, 0.05) is 43.5 Å². The number of hydrogen-bond donors (Lipinski definition) is 1. The molecule has 0 bridgehead atoms. The number of aromatic nitrogens is 1. The van der Waals surface area contributed by atoms with Crippen LogP contribution in [0.15, 0.2) is 54.6 Å². The van der Waals surface area contributed by atoms with Crippen molar-refractivity contribution in [1.29, 1.82) is 5.26 Å². The Morgan fingerprint density at radius 1 is 1.06 bits per heavy atom. The molecule has 1 amide bonds. The van der Waals surface area contributed by atoms with Gasteiger partial charge < -0.3 is 15.0 Å². The Hall–Kier alpha value is -3.89. The highest BCUT2D eigenvalue weighted by molar-refractivity contribution is 5.92. The van der Waals surface area contributed by atoms with Gasteiger partial charge in [0.25, 0.3) is 0 Å². The number of nitrogens with one attached hydrogen (secondary N) is 1. The predicted molar refractivity (Wildman–Crippen MR) is 137 cm³/mol. The molecule has 7 heteroatoms. The number of ether oxygens (including phenoxy) is 1. The second-order valence-corrected chi connectivity index (χ2v) is 8.99. The van der Waals surface area contributed by atoms with Crippen LogP contribution in [-0.2, 0) is 17.6 Å². The molecule has 7 nitrogen and oxygen atoms in total. The van der Waals surface area contributed by atoms with E-state index in [2.05, 4.69) is 33.3 Å². The highest BCUT2D eigenvalue weighted by Gasteiger charge is 2.28. The summed E-state index contributed by atoms with van der Waals surface area (Å²) in [5.74, 6) is 1.44. The Bertz CT molecular complexity index is 1260. The second kappa shape index (κ2) is 10.2. The first-order valence-electron chi connectivity index (χ1n) is 12.1. The smallest absolute Gasteiger partial charge is 0.238 e. The topological polar surface area (TPSA) is 81.5 Å². The minimum absolute atomic E-state index is 0.0496. The van der Waals surface area contributed by atoms with Crippen molar-refractivity contribution in [3.8, 4) is 23.1 Å². The normalized spacial score (nSPS) is 15.4. The third-order valence-electron chi connectivity index (χ3n) is 6.80. The molecule has 1 N–H and O–H groups in total. The van der Waals surface area contributed by atoms with Crippen LogP contribution in [0.25, 0.3) is 11.3 Å². The maximum absolute atomic E-state index is 12.6. The van der Waals surface area contributed by atoms with E-state index in [1.807, 2.05) is 42.5 Å².